The summed E-state index contributed by atoms with van der Waals surface area (Å²) in [4.78, 5) is 14.8. The van der Waals surface area contributed by atoms with Crippen LogP contribution in [0.4, 0.5) is 0 Å². The number of amides is 1. The highest BCUT2D eigenvalue weighted by Gasteiger charge is 2.24. The smallest absolute Gasteiger partial charge is 0.221 e. The fourth-order valence-electron chi connectivity index (χ4n) is 4.22. The van der Waals surface area contributed by atoms with E-state index in [0.29, 0.717) is 6.42 Å². The van der Waals surface area contributed by atoms with Crippen LogP contribution in [0.2, 0.25) is 0 Å². The Morgan fingerprint density at radius 2 is 1.93 bits per heavy atom. The summed E-state index contributed by atoms with van der Waals surface area (Å²) in [6, 6.07) is 14.6. The van der Waals surface area contributed by atoms with Gasteiger partial charge in [0.25, 0.3) is 0 Å². The number of ether oxygens (including phenoxy) is 2. The van der Waals surface area contributed by atoms with Crippen LogP contribution >= 0.6 is 0 Å². The molecule has 0 saturated heterocycles. The summed E-state index contributed by atoms with van der Waals surface area (Å²) < 4.78 is 11.4. The zero-order valence-corrected chi connectivity index (χ0v) is 16.6. The van der Waals surface area contributed by atoms with Crippen molar-refractivity contribution in [2.24, 2.45) is 0 Å². The minimum atomic E-state index is 0.0701. The van der Waals surface area contributed by atoms with Crippen LogP contribution in [0, 0.1) is 0 Å². The van der Waals surface area contributed by atoms with Gasteiger partial charge in [0.1, 0.15) is 17.6 Å². The van der Waals surface area contributed by atoms with Crippen molar-refractivity contribution in [2.45, 2.75) is 44.9 Å². The lowest BCUT2D eigenvalue weighted by Gasteiger charge is -2.22. The second-order valence-corrected chi connectivity index (χ2v) is 7.83. The Kier molecular flexibility index (Phi) is 5.53. The number of benzene rings is 2. The number of fused-ring (bicyclic) bond motifs is 2. The number of methoxy groups -OCH3 is 1. The Hall–Kier alpha value is -2.53. The van der Waals surface area contributed by atoms with Gasteiger partial charge in [-0.05, 0) is 37.0 Å². The van der Waals surface area contributed by atoms with Crippen LogP contribution in [-0.4, -0.2) is 43.2 Å². The Bertz CT molecular complexity index is 826. The first-order valence-electron chi connectivity index (χ1n) is 10.0. The Labute approximate surface area is 166 Å². The predicted octanol–water partition coefficient (Wildman–Crippen LogP) is 2.95. The van der Waals surface area contributed by atoms with E-state index in [1.165, 1.54) is 11.1 Å². The number of hydrogen-bond donors (Lipinski definition) is 1. The number of rotatable bonds is 5. The number of hydrogen-bond acceptors (Lipinski definition) is 4. The largest absolute Gasteiger partial charge is 0.497 e. The first kappa shape index (κ1) is 18.8. The number of nitrogens with zero attached hydrogens (tertiary/aromatic N) is 1. The van der Waals surface area contributed by atoms with E-state index >= 15 is 0 Å². The average Bonchev–Trinajstić information content (AvgIpc) is 3.01. The summed E-state index contributed by atoms with van der Waals surface area (Å²) in [5.74, 6) is 1.81. The van der Waals surface area contributed by atoms with Gasteiger partial charge in [-0.3, -0.25) is 9.69 Å². The molecule has 0 aromatic heterocycles. The molecular formula is C23H28N2O3. The van der Waals surface area contributed by atoms with Crippen LogP contribution in [0.25, 0.3) is 0 Å². The highest BCUT2D eigenvalue weighted by Crippen LogP contribution is 2.29. The second-order valence-electron chi connectivity index (χ2n) is 7.83. The van der Waals surface area contributed by atoms with Crippen molar-refractivity contribution in [3.8, 4) is 11.5 Å². The van der Waals surface area contributed by atoms with Gasteiger partial charge in [0.2, 0.25) is 5.91 Å². The zero-order chi connectivity index (χ0) is 19.5. The van der Waals surface area contributed by atoms with Gasteiger partial charge in [-0.2, -0.15) is 0 Å². The van der Waals surface area contributed by atoms with Gasteiger partial charge in [0.15, 0.2) is 0 Å². The lowest BCUT2D eigenvalue weighted by molar-refractivity contribution is -0.122. The van der Waals surface area contributed by atoms with Crippen molar-refractivity contribution in [3.05, 3.63) is 59.2 Å². The van der Waals surface area contributed by atoms with E-state index in [4.69, 9.17) is 9.47 Å². The van der Waals surface area contributed by atoms with E-state index in [9.17, 15) is 4.79 Å². The molecule has 148 valence electrons. The van der Waals surface area contributed by atoms with Crippen LogP contribution in [0.5, 0.6) is 11.5 Å². The molecule has 0 unspecified atom stereocenters. The van der Waals surface area contributed by atoms with Crippen molar-refractivity contribution in [3.63, 3.8) is 0 Å². The standard InChI is InChI=1S/C23H28N2O3/c1-16-14-25(15-19-7-8-21(27-2)13-22(19)28-16)10-9-23(26)24-20-11-17-5-3-4-6-18(17)12-20/h3-8,13,16,20H,9-12,14-15H2,1-2H3,(H,24,26)/t16-/m0/s1. The van der Waals surface area contributed by atoms with Crippen molar-refractivity contribution in [2.75, 3.05) is 20.2 Å². The molecule has 5 heteroatoms. The van der Waals surface area contributed by atoms with Crippen LogP contribution in [0.3, 0.4) is 0 Å². The first-order chi connectivity index (χ1) is 13.6. The van der Waals surface area contributed by atoms with E-state index in [1.807, 2.05) is 12.1 Å². The van der Waals surface area contributed by atoms with Gasteiger partial charge in [-0.15, -0.1) is 0 Å². The molecule has 0 bridgehead atoms. The Morgan fingerprint density at radius 1 is 1.18 bits per heavy atom. The zero-order valence-electron chi connectivity index (χ0n) is 16.6. The molecule has 0 fully saturated rings. The summed E-state index contributed by atoms with van der Waals surface area (Å²) in [5, 5.41) is 3.21. The van der Waals surface area contributed by atoms with Gasteiger partial charge >= 0.3 is 0 Å². The number of carbonyl (C=O) groups is 1. The fourth-order valence-corrected chi connectivity index (χ4v) is 4.22. The van der Waals surface area contributed by atoms with Gasteiger partial charge < -0.3 is 14.8 Å². The van der Waals surface area contributed by atoms with E-state index in [0.717, 1.165) is 49.5 Å². The quantitative estimate of drug-likeness (QED) is 0.867. The van der Waals surface area contributed by atoms with Crippen LogP contribution in [0.1, 0.15) is 30.0 Å². The molecule has 0 saturated carbocycles. The molecule has 2 aliphatic rings. The third kappa shape index (κ3) is 4.30. The molecule has 28 heavy (non-hydrogen) atoms. The summed E-state index contributed by atoms with van der Waals surface area (Å²) in [5.41, 5.74) is 3.86. The number of nitrogens with one attached hydrogen (secondary N) is 1. The maximum Gasteiger partial charge on any atom is 0.221 e. The molecule has 2 aromatic carbocycles. The second kappa shape index (κ2) is 8.23. The lowest BCUT2D eigenvalue weighted by Crippen LogP contribution is -2.38. The molecule has 0 radical (unpaired) electrons. The molecule has 1 N–H and O–H groups in total. The molecule has 2 aromatic rings. The van der Waals surface area contributed by atoms with Crippen LogP contribution in [0.15, 0.2) is 42.5 Å². The van der Waals surface area contributed by atoms with Crippen molar-refractivity contribution in [1.82, 2.24) is 10.2 Å². The van der Waals surface area contributed by atoms with Gasteiger partial charge in [0, 0.05) is 43.7 Å². The molecule has 0 spiro atoms. The normalized spacial score (nSPS) is 19.3. The summed E-state index contributed by atoms with van der Waals surface area (Å²) in [6.45, 7) is 4.38. The molecule has 1 aliphatic heterocycles. The van der Waals surface area contributed by atoms with Crippen molar-refractivity contribution < 1.29 is 14.3 Å². The SMILES string of the molecule is COc1ccc2c(c1)O[C@@H](C)CN(CCC(=O)NC1Cc3ccccc3C1)C2. The molecule has 1 heterocycles. The average molecular weight is 380 g/mol. The Balaban J connectivity index is 1.31. The van der Waals surface area contributed by atoms with Crippen molar-refractivity contribution in [1.29, 1.82) is 0 Å². The molecular weight excluding hydrogens is 352 g/mol. The summed E-state index contributed by atoms with van der Waals surface area (Å²) in [6.07, 6.45) is 2.45. The fraction of sp³-hybridized carbons (Fsp3) is 0.435. The van der Waals surface area contributed by atoms with E-state index in [1.54, 1.807) is 7.11 Å². The van der Waals surface area contributed by atoms with E-state index in [-0.39, 0.29) is 18.1 Å². The van der Waals surface area contributed by atoms with Crippen LogP contribution < -0.4 is 14.8 Å². The van der Waals surface area contributed by atoms with Gasteiger partial charge in [-0.1, -0.05) is 30.3 Å². The third-order valence-corrected chi connectivity index (χ3v) is 5.58. The molecule has 1 aliphatic carbocycles. The summed E-state index contributed by atoms with van der Waals surface area (Å²) in [7, 11) is 1.66. The minimum absolute atomic E-state index is 0.0701. The predicted molar refractivity (Wildman–Crippen MR) is 109 cm³/mol. The maximum absolute atomic E-state index is 12.5. The highest BCUT2D eigenvalue weighted by atomic mass is 16.5. The minimum Gasteiger partial charge on any atom is -0.497 e. The Morgan fingerprint density at radius 3 is 2.64 bits per heavy atom. The van der Waals surface area contributed by atoms with E-state index < -0.39 is 0 Å². The monoisotopic (exact) mass is 380 g/mol. The van der Waals surface area contributed by atoms with Crippen LogP contribution in [-0.2, 0) is 24.2 Å². The number of carbonyl (C=O) groups excluding carboxylic acids is 1. The summed E-state index contributed by atoms with van der Waals surface area (Å²) >= 11 is 0. The first-order valence-corrected chi connectivity index (χ1v) is 10.0. The molecule has 1 amide bonds. The molecule has 5 nitrogen and oxygen atoms in total. The molecule has 4 rings (SSSR count). The highest BCUT2D eigenvalue weighted by molar-refractivity contribution is 5.76. The van der Waals surface area contributed by atoms with E-state index in [2.05, 4.69) is 47.5 Å². The van der Waals surface area contributed by atoms with Gasteiger partial charge in [0.05, 0.1) is 7.11 Å². The maximum atomic E-state index is 12.5. The topological polar surface area (TPSA) is 50.8 Å². The third-order valence-electron chi connectivity index (χ3n) is 5.58. The lowest BCUT2D eigenvalue weighted by atomic mass is 10.1. The van der Waals surface area contributed by atoms with Gasteiger partial charge in [-0.25, -0.2) is 0 Å². The molecule has 1 atom stereocenters. The van der Waals surface area contributed by atoms with Crippen molar-refractivity contribution >= 4 is 5.91 Å².